The van der Waals surface area contributed by atoms with Gasteiger partial charge < -0.3 is 61.3 Å². The molecule has 6 atom stereocenters. The smallest absolute Gasteiger partial charge is 0.123 e. The zero-order valence-electron chi connectivity index (χ0n) is 38.0. The summed E-state index contributed by atoms with van der Waals surface area (Å²) in [5, 5.41) is 139. The van der Waals surface area contributed by atoms with E-state index in [1.807, 2.05) is 41.5 Å². The third-order valence-corrected chi connectivity index (χ3v) is 14.0. The highest BCUT2D eigenvalue weighted by Crippen LogP contribution is 2.53. The van der Waals surface area contributed by atoms with Gasteiger partial charge in [-0.25, -0.2) is 0 Å². The average Bonchev–Trinajstić information content (AvgIpc) is 3.25. The van der Waals surface area contributed by atoms with Crippen molar-refractivity contribution in [3.63, 3.8) is 0 Å². The lowest BCUT2D eigenvalue weighted by Gasteiger charge is -2.29. The molecule has 12 N–H and O–H groups in total. The topological polar surface area (TPSA) is 243 Å². The van der Waals surface area contributed by atoms with Gasteiger partial charge in [0.25, 0.3) is 0 Å². The van der Waals surface area contributed by atoms with Crippen molar-refractivity contribution in [2.75, 3.05) is 0 Å². The third-order valence-electron chi connectivity index (χ3n) is 14.0. The quantitative estimate of drug-likeness (QED) is 0.0747. The van der Waals surface area contributed by atoms with Gasteiger partial charge in [0, 0.05) is 133 Å². The van der Waals surface area contributed by atoms with E-state index in [2.05, 4.69) is 0 Å². The van der Waals surface area contributed by atoms with Crippen LogP contribution in [0.3, 0.4) is 0 Å². The molecule has 66 heavy (non-hydrogen) atoms. The number of phenolic OH excluding ortho intramolecular Hbond substituents is 12. The second kappa shape index (κ2) is 18.4. The first-order chi connectivity index (χ1) is 31.4. The number of phenols is 12. The van der Waals surface area contributed by atoms with Crippen LogP contribution in [0.2, 0.25) is 0 Å². The second-order valence-corrected chi connectivity index (χ2v) is 17.6. The number of hydrogen-bond acceptors (Lipinski definition) is 12. The fourth-order valence-electron chi connectivity index (χ4n) is 10.8. The Kier molecular flexibility index (Phi) is 13.1. The molecule has 0 spiro atoms. The van der Waals surface area contributed by atoms with E-state index in [-0.39, 0.29) is 69.0 Å². The molecular formula is C54H60O12. The molecule has 12 nitrogen and oxygen atoms in total. The van der Waals surface area contributed by atoms with Crippen LogP contribution in [-0.2, 0) is 0 Å². The molecule has 0 radical (unpaired) electrons. The predicted octanol–water partition coefficient (Wildman–Crippen LogP) is 11.7. The van der Waals surface area contributed by atoms with Crippen LogP contribution in [-0.4, -0.2) is 61.3 Å². The maximum Gasteiger partial charge on any atom is 0.123 e. The van der Waals surface area contributed by atoms with Gasteiger partial charge in [-0.15, -0.1) is 0 Å². The summed E-state index contributed by atoms with van der Waals surface area (Å²) < 4.78 is 0. The molecule has 1 aliphatic carbocycles. The van der Waals surface area contributed by atoms with Crippen LogP contribution < -0.4 is 0 Å². The number of benzene rings is 6. The molecule has 6 unspecified atom stereocenters. The third kappa shape index (κ3) is 8.03. The largest absolute Gasteiger partial charge is 0.508 e. The number of aromatic hydroxyl groups is 12. The molecule has 1 aliphatic rings. The Morgan fingerprint density at radius 1 is 0.227 bits per heavy atom. The molecule has 0 saturated carbocycles. The van der Waals surface area contributed by atoms with Crippen molar-refractivity contribution in [1.29, 1.82) is 0 Å². The first-order valence-electron chi connectivity index (χ1n) is 22.8. The van der Waals surface area contributed by atoms with E-state index >= 15 is 0 Å². The predicted molar refractivity (Wildman–Crippen MR) is 251 cm³/mol. The van der Waals surface area contributed by atoms with Gasteiger partial charge in [-0.3, -0.25) is 0 Å². The molecule has 6 aromatic carbocycles. The molecular weight excluding hydrogens is 841 g/mol. The zero-order chi connectivity index (χ0) is 48.0. The van der Waals surface area contributed by atoms with E-state index in [9.17, 15) is 61.3 Å². The lowest BCUT2D eigenvalue weighted by atomic mass is 9.76. The summed E-state index contributed by atoms with van der Waals surface area (Å²) in [5.74, 6) is -7.63. The summed E-state index contributed by atoms with van der Waals surface area (Å²) >= 11 is 0. The molecule has 0 amide bonds. The minimum atomic E-state index is -0.769. The Hall–Kier alpha value is -7.08. The molecule has 348 valence electrons. The Labute approximate surface area is 384 Å². The second-order valence-electron chi connectivity index (χ2n) is 17.6. The molecule has 0 saturated heterocycles. The molecule has 0 aromatic heterocycles. The van der Waals surface area contributed by atoms with Crippen molar-refractivity contribution in [2.45, 2.75) is 116 Å². The van der Waals surface area contributed by atoms with Crippen LogP contribution in [0.5, 0.6) is 69.0 Å². The first-order valence-corrected chi connectivity index (χ1v) is 22.8. The van der Waals surface area contributed by atoms with Crippen molar-refractivity contribution >= 4 is 0 Å². The average molecular weight is 901 g/mol. The monoisotopic (exact) mass is 900 g/mol. The van der Waals surface area contributed by atoms with Crippen LogP contribution >= 0.6 is 0 Å². The number of fused-ring (bicyclic) bond motifs is 11. The van der Waals surface area contributed by atoms with Crippen LogP contribution in [0.15, 0.2) is 72.8 Å². The summed E-state index contributed by atoms with van der Waals surface area (Å²) in [7, 11) is 0. The van der Waals surface area contributed by atoms with Crippen molar-refractivity contribution in [2.24, 2.45) is 0 Å². The van der Waals surface area contributed by atoms with Crippen LogP contribution in [0.1, 0.15) is 182 Å². The fourth-order valence-corrected chi connectivity index (χ4v) is 10.8. The van der Waals surface area contributed by atoms with Gasteiger partial charge >= 0.3 is 0 Å². The van der Waals surface area contributed by atoms with E-state index in [0.717, 1.165) is 0 Å². The Bertz CT molecular complexity index is 2810. The highest BCUT2D eigenvalue weighted by atomic mass is 16.3. The summed E-state index contributed by atoms with van der Waals surface area (Å²) in [6, 6.07) is 16.9. The maximum absolute atomic E-state index is 11.8. The van der Waals surface area contributed by atoms with Crippen molar-refractivity contribution in [3.8, 4) is 69.0 Å². The number of hydrogen-bond donors (Lipinski definition) is 12. The first kappa shape index (κ1) is 46.9. The maximum atomic E-state index is 11.8. The van der Waals surface area contributed by atoms with E-state index in [1.165, 1.54) is 42.5 Å². The van der Waals surface area contributed by atoms with Gasteiger partial charge in [-0.05, 0) is 80.5 Å². The summed E-state index contributed by atoms with van der Waals surface area (Å²) in [6.07, 6.45) is 1.93. The number of rotatable bonds is 6. The summed E-state index contributed by atoms with van der Waals surface area (Å²) in [5.41, 5.74) is 4.06. The highest BCUT2D eigenvalue weighted by molar-refractivity contribution is 5.64. The molecule has 7 rings (SSSR count). The van der Waals surface area contributed by atoms with Crippen molar-refractivity contribution < 1.29 is 61.3 Å². The lowest BCUT2D eigenvalue weighted by molar-refractivity contribution is 0.423. The molecule has 0 fully saturated rings. The van der Waals surface area contributed by atoms with E-state index in [0.29, 0.717) is 105 Å². The summed E-state index contributed by atoms with van der Waals surface area (Å²) in [6.45, 7) is 11.1. The zero-order valence-corrected chi connectivity index (χ0v) is 38.0. The SMILES string of the molecule is CCC1c2cc(c(O)cc2O)C(CC)c2cc(c(O)cc2O)C(CC)c2cc(c(O)cc2O)C(CC)c2c(O)cc(O)cc2C(CC)c2cc(c(O)cc2O)C(CC)c2cc1c(O)cc2O. The molecule has 0 heterocycles. The molecule has 0 aliphatic heterocycles. The van der Waals surface area contributed by atoms with Crippen molar-refractivity contribution in [3.05, 3.63) is 140 Å². The normalized spacial score (nSPS) is 19.5. The lowest BCUT2D eigenvalue weighted by Crippen LogP contribution is -2.12. The molecule has 12 heteroatoms. The Balaban J connectivity index is 1.61. The van der Waals surface area contributed by atoms with Crippen LogP contribution in [0.4, 0.5) is 0 Å². The fraction of sp³-hybridized carbons (Fsp3) is 0.333. The van der Waals surface area contributed by atoms with Crippen molar-refractivity contribution in [1.82, 2.24) is 0 Å². The summed E-state index contributed by atoms with van der Waals surface area (Å²) in [4.78, 5) is 0. The van der Waals surface area contributed by atoms with Gasteiger partial charge in [0.05, 0.1) is 0 Å². The standard InChI is InChI=1S/C54H60O12/c1-7-26-32-15-33(44(57)20-43(32)56)27(8-2)35-17-37(48(61)22-46(35)59)29(10-4)39-19-41(52(65)24-50(39)63)31(12-6)54-42(13-25(55)14-53(54)66)30(11-5)40-18-38(49(62)23-51(40)64)28(9-3)36-16-34(26)45(58)21-47(36)60/h13-24,26-31,55-66H,7-12H2,1-6H3. The van der Waals surface area contributed by atoms with Crippen LogP contribution in [0, 0.1) is 0 Å². The van der Waals surface area contributed by atoms with Gasteiger partial charge in [0.15, 0.2) is 0 Å². The highest BCUT2D eigenvalue weighted by Gasteiger charge is 2.34. The van der Waals surface area contributed by atoms with E-state index in [4.69, 9.17) is 0 Å². The van der Waals surface area contributed by atoms with Gasteiger partial charge in [0.2, 0.25) is 0 Å². The minimum Gasteiger partial charge on any atom is -0.508 e. The van der Waals surface area contributed by atoms with Gasteiger partial charge in [-0.1, -0.05) is 41.5 Å². The van der Waals surface area contributed by atoms with Gasteiger partial charge in [0.1, 0.15) is 69.0 Å². The van der Waals surface area contributed by atoms with E-state index < -0.39 is 35.5 Å². The van der Waals surface area contributed by atoms with Gasteiger partial charge in [-0.2, -0.15) is 0 Å². The van der Waals surface area contributed by atoms with Crippen LogP contribution in [0.25, 0.3) is 0 Å². The molecule has 10 bridgehead atoms. The van der Waals surface area contributed by atoms with E-state index in [1.54, 1.807) is 30.3 Å². The Morgan fingerprint density at radius 2 is 0.424 bits per heavy atom. The minimum absolute atomic E-state index is 0.260. The molecule has 6 aromatic rings. The Morgan fingerprint density at radius 3 is 0.636 bits per heavy atom.